The van der Waals surface area contributed by atoms with Crippen LogP contribution in [-0.2, 0) is 17.7 Å². The summed E-state index contributed by atoms with van der Waals surface area (Å²) < 4.78 is 7.47. The van der Waals surface area contributed by atoms with Crippen LogP contribution in [0, 0.1) is 5.92 Å². The number of aliphatic imine (C=N–C) groups is 1. The number of rotatable bonds is 9. The highest BCUT2D eigenvalue weighted by molar-refractivity contribution is 14.0. The first-order valence-corrected chi connectivity index (χ1v) is 9.38. The summed E-state index contributed by atoms with van der Waals surface area (Å²) in [4.78, 5) is 7.10. The van der Waals surface area contributed by atoms with Crippen LogP contribution in [0.2, 0.25) is 0 Å². The van der Waals surface area contributed by atoms with E-state index in [4.69, 9.17) is 4.74 Å². The van der Waals surface area contributed by atoms with Crippen LogP contribution in [0.15, 0.2) is 11.3 Å². The Hall–Kier alpha value is -0.940. The van der Waals surface area contributed by atoms with Gasteiger partial charge in [-0.3, -0.25) is 9.89 Å². The molecule has 1 fully saturated rings. The van der Waals surface area contributed by atoms with Crippen LogP contribution in [0.25, 0.3) is 0 Å². The van der Waals surface area contributed by atoms with Crippen molar-refractivity contribution in [3.05, 3.63) is 12.2 Å². The maximum atomic E-state index is 5.39. The molecule has 2 heterocycles. The molecule has 0 amide bonds. The van der Waals surface area contributed by atoms with Crippen LogP contribution >= 0.6 is 24.0 Å². The van der Waals surface area contributed by atoms with Gasteiger partial charge in [-0.25, -0.2) is 0 Å². The zero-order valence-electron chi connectivity index (χ0n) is 16.3. The molecule has 26 heavy (non-hydrogen) atoms. The lowest BCUT2D eigenvalue weighted by atomic mass is 10.2. The zero-order chi connectivity index (χ0) is 17.9. The third-order valence-electron chi connectivity index (χ3n) is 4.10. The van der Waals surface area contributed by atoms with Crippen molar-refractivity contribution in [1.29, 1.82) is 0 Å². The number of nitrogens with zero attached hydrogens (tertiary/aromatic N) is 5. The van der Waals surface area contributed by atoms with Crippen LogP contribution in [0.5, 0.6) is 0 Å². The minimum absolute atomic E-state index is 0. The van der Waals surface area contributed by atoms with Gasteiger partial charge in [-0.2, -0.15) is 0 Å². The maximum absolute atomic E-state index is 5.39. The van der Waals surface area contributed by atoms with Gasteiger partial charge >= 0.3 is 0 Å². The van der Waals surface area contributed by atoms with Crippen molar-refractivity contribution in [2.45, 2.75) is 33.7 Å². The fourth-order valence-electron chi connectivity index (χ4n) is 2.64. The van der Waals surface area contributed by atoms with Crippen LogP contribution in [0.1, 0.15) is 26.6 Å². The normalized spacial score (nSPS) is 15.8. The Morgan fingerprint density at radius 1 is 1.23 bits per heavy atom. The summed E-state index contributed by atoms with van der Waals surface area (Å²) >= 11 is 0. The van der Waals surface area contributed by atoms with E-state index in [1.54, 1.807) is 6.33 Å². The molecule has 1 aromatic rings. The molecule has 0 saturated carbocycles. The third-order valence-corrected chi connectivity index (χ3v) is 4.10. The van der Waals surface area contributed by atoms with E-state index >= 15 is 0 Å². The number of morpholine rings is 1. The molecule has 0 spiro atoms. The molecule has 0 aliphatic carbocycles. The molecule has 2 N–H and O–H groups in total. The van der Waals surface area contributed by atoms with Crippen molar-refractivity contribution in [1.82, 2.24) is 30.3 Å². The van der Waals surface area contributed by atoms with Crippen LogP contribution in [0.4, 0.5) is 0 Å². The lowest BCUT2D eigenvalue weighted by molar-refractivity contribution is 0.0389. The molecule has 9 heteroatoms. The number of hydrogen-bond donors (Lipinski definition) is 2. The van der Waals surface area contributed by atoms with E-state index in [-0.39, 0.29) is 24.0 Å². The second-order valence-corrected chi connectivity index (χ2v) is 6.68. The molecule has 1 saturated heterocycles. The number of aromatic nitrogens is 3. The highest BCUT2D eigenvalue weighted by Gasteiger charge is 2.10. The van der Waals surface area contributed by atoms with Crippen molar-refractivity contribution >= 4 is 29.9 Å². The van der Waals surface area contributed by atoms with Crippen molar-refractivity contribution < 1.29 is 4.74 Å². The van der Waals surface area contributed by atoms with Gasteiger partial charge in [0, 0.05) is 52.2 Å². The monoisotopic (exact) mass is 479 g/mol. The second-order valence-electron chi connectivity index (χ2n) is 6.68. The Labute approximate surface area is 174 Å². The van der Waals surface area contributed by atoms with E-state index in [0.29, 0.717) is 5.92 Å². The predicted octanol–water partition coefficient (Wildman–Crippen LogP) is 0.982. The second kappa shape index (κ2) is 13.3. The number of aryl methyl sites for hydroxylation is 1. The Balaban J connectivity index is 0.00000338. The molecule has 0 atom stereocenters. The molecule has 0 radical (unpaired) electrons. The minimum Gasteiger partial charge on any atom is -0.379 e. The average molecular weight is 479 g/mol. The molecule has 0 unspecified atom stereocenters. The van der Waals surface area contributed by atoms with Gasteiger partial charge in [-0.15, -0.1) is 34.2 Å². The third kappa shape index (κ3) is 8.63. The van der Waals surface area contributed by atoms with E-state index in [9.17, 15) is 0 Å². The average Bonchev–Trinajstić information content (AvgIpc) is 3.07. The minimum atomic E-state index is 0. The number of hydrogen-bond acceptors (Lipinski definition) is 5. The fraction of sp³-hybridized carbons (Fsp3) is 0.824. The molecule has 150 valence electrons. The van der Waals surface area contributed by atoms with Crippen LogP contribution in [0.3, 0.4) is 0 Å². The highest BCUT2D eigenvalue weighted by atomic mass is 127. The standard InChI is InChI=1S/C17H33N7O.HI/c1-4-16-22-21-14-24(16)8-6-19-17(20-13-15(2)3)18-5-7-23-9-11-25-12-10-23;/h14-15H,4-13H2,1-3H3,(H2,18,19,20);1H. The first-order valence-electron chi connectivity index (χ1n) is 9.38. The van der Waals surface area contributed by atoms with Gasteiger partial charge in [0.1, 0.15) is 12.2 Å². The van der Waals surface area contributed by atoms with E-state index in [1.165, 1.54) is 0 Å². The molecule has 8 nitrogen and oxygen atoms in total. The molecular weight excluding hydrogens is 445 g/mol. The van der Waals surface area contributed by atoms with Crippen molar-refractivity contribution in [3.63, 3.8) is 0 Å². The summed E-state index contributed by atoms with van der Waals surface area (Å²) in [5.41, 5.74) is 0. The quantitative estimate of drug-likeness (QED) is 0.313. The Morgan fingerprint density at radius 3 is 2.58 bits per heavy atom. The summed E-state index contributed by atoms with van der Waals surface area (Å²) in [5, 5.41) is 15.0. The molecule has 0 aromatic carbocycles. The SMILES string of the molecule is CCc1nncn1CCNC(=NCC(C)C)NCCN1CCOCC1.I. The van der Waals surface area contributed by atoms with Gasteiger partial charge in [0.05, 0.1) is 13.2 Å². The molecule has 2 rings (SSSR count). The van der Waals surface area contributed by atoms with Gasteiger partial charge < -0.3 is 19.9 Å². The van der Waals surface area contributed by atoms with Crippen molar-refractivity contribution in [2.75, 3.05) is 52.5 Å². The Bertz CT molecular complexity index is 515. The number of halogens is 1. The van der Waals surface area contributed by atoms with Gasteiger partial charge in [-0.05, 0) is 5.92 Å². The molecule has 1 aliphatic rings. The Kier molecular flexibility index (Phi) is 11.8. The van der Waals surface area contributed by atoms with E-state index < -0.39 is 0 Å². The van der Waals surface area contributed by atoms with E-state index in [0.717, 1.165) is 77.2 Å². The zero-order valence-corrected chi connectivity index (χ0v) is 18.6. The maximum Gasteiger partial charge on any atom is 0.191 e. The van der Waals surface area contributed by atoms with Gasteiger partial charge in [-0.1, -0.05) is 20.8 Å². The molecular formula is C17H34IN7O. The fourth-order valence-corrected chi connectivity index (χ4v) is 2.64. The molecule has 1 aromatic heterocycles. The Morgan fingerprint density at radius 2 is 1.92 bits per heavy atom. The molecule has 0 bridgehead atoms. The van der Waals surface area contributed by atoms with E-state index in [1.807, 2.05) is 0 Å². The van der Waals surface area contributed by atoms with Gasteiger partial charge in [0.2, 0.25) is 0 Å². The first kappa shape index (κ1) is 23.1. The largest absolute Gasteiger partial charge is 0.379 e. The predicted molar refractivity (Wildman–Crippen MR) is 115 cm³/mol. The molecule has 1 aliphatic heterocycles. The highest BCUT2D eigenvalue weighted by Crippen LogP contribution is 1.96. The van der Waals surface area contributed by atoms with Crippen molar-refractivity contribution in [2.24, 2.45) is 10.9 Å². The topological polar surface area (TPSA) is 79.6 Å². The number of guanidine groups is 1. The van der Waals surface area contributed by atoms with E-state index in [2.05, 4.69) is 56.1 Å². The summed E-state index contributed by atoms with van der Waals surface area (Å²) in [6, 6.07) is 0. The summed E-state index contributed by atoms with van der Waals surface area (Å²) in [7, 11) is 0. The lowest BCUT2D eigenvalue weighted by Gasteiger charge is -2.26. The summed E-state index contributed by atoms with van der Waals surface area (Å²) in [6.45, 7) is 14.5. The van der Waals surface area contributed by atoms with Crippen LogP contribution in [-0.4, -0.2) is 78.1 Å². The number of ether oxygens (including phenoxy) is 1. The van der Waals surface area contributed by atoms with Gasteiger partial charge in [0.15, 0.2) is 5.96 Å². The van der Waals surface area contributed by atoms with Crippen molar-refractivity contribution in [3.8, 4) is 0 Å². The van der Waals surface area contributed by atoms with Crippen LogP contribution < -0.4 is 10.6 Å². The lowest BCUT2D eigenvalue weighted by Crippen LogP contribution is -2.45. The summed E-state index contributed by atoms with van der Waals surface area (Å²) in [6.07, 6.45) is 2.68. The number of nitrogens with one attached hydrogen (secondary N) is 2. The summed E-state index contributed by atoms with van der Waals surface area (Å²) in [5.74, 6) is 2.44. The first-order chi connectivity index (χ1) is 12.2. The smallest absolute Gasteiger partial charge is 0.191 e. The van der Waals surface area contributed by atoms with Gasteiger partial charge in [0.25, 0.3) is 0 Å².